The minimum Gasteiger partial charge on any atom is -0.486 e. The van der Waals surface area contributed by atoms with Crippen LogP contribution in [0.1, 0.15) is 42.1 Å². The maximum atomic E-state index is 9.24. The lowest BCUT2D eigenvalue weighted by molar-refractivity contribution is -0.133. The average molecular weight is 464 g/mol. The molecule has 1 aliphatic carbocycles. The molecule has 3 fully saturated rings. The highest BCUT2D eigenvalue weighted by Gasteiger charge is 2.38. The van der Waals surface area contributed by atoms with Crippen LogP contribution in [-0.2, 0) is 11.2 Å². The minimum atomic E-state index is -0.0133. The largest absolute Gasteiger partial charge is 0.486 e. The maximum Gasteiger partial charge on any atom is 0.130 e. The van der Waals surface area contributed by atoms with Gasteiger partial charge in [-0.15, -0.1) is 0 Å². The van der Waals surface area contributed by atoms with Gasteiger partial charge in [0, 0.05) is 43.2 Å². The van der Waals surface area contributed by atoms with E-state index >= 15 is 0 Å². The molecule has 0 radical (unpaired) electrons. The summed E-state index contributed by atoms with van der Waals surface area (Å²) in [5, 5.41) is 15.0. The Bertz CT molecular complexity index is 1460. The molecule has 0 amide bonds. The predicted octanol–water partition coefficient (Wildman–Crippen LogP) is 4.73. The van der Waals surface area contributed by atoms with E-state index in [1.54, 1.807) is 0 Å². The molecule has 3 aliphatic heterocycles. The monoisotopic (exact) mass is 463 g/mol. The molecule has 8 rings (SSSR count). The number of ether oxygens (including phenoxy) is 2. The van der Waals surface area contributed by atoms with Crippen LogP contribution in [-0.4, -0.2) is 40.1 Å². The number of benzene rings is 2. The molecule has 2 aromatic carbocycles. The normalized spacial score (nSPS) is 22.8. The van der Waals surface area contributed by atoms with Gasteiger partial charge in [0.05, 0.1) is 41.2 Å². The van der Waals surface area contributed by atoms with E-state index in [-0.39, 0.29) is 6.10 Å². The van der Waals surface area contributed by atoms with Crippen LogP contribution in [0, 0.1) is 11.3 Å². The summed E-state index contributed by atoms with van der Waals surface area (Å²) in [5.41, 5.74) is 5.10. The number of hydrogen-bond donors (Lipinski definition) is 0. The van der Waals surface area contributed by atoms with E-state index in [2.05, 4.69) is 45.3 Å². The van der Waals surface area contributed by atoms with Crippen LogP contribution in [0.3, 0.4) is 0 Å². The van der Waals surface area contributed by atoms with Crippen molar-refractivity contribution in [1.82, 2.24) is 14.8 Å². The van der Waals surface area contributed by atoms with Crippen LogP contribution >= 0.6 is 0 Å². The highest BCUT2D eigenvalue weighted by Crippen LogP contribution is 2.36. The van der Waals surface area contributed by atoms with E-state index in [1.165, 1.54) is 11.1 Å². The zero-order valence-electron chi connectivity index (χ0n) is 19.3. The Labute approximate surface area is 203 Å². The van der Waals surface area contributed by atoms with Gasteiger partial charge in [-0.25, -0.2) is 9.67 Å². The average Bonchev–Trinajstić information content (AvgIpc) is 3.32. The highest BCUT2D eigenvalue weighted by molar-refractivity contribution is 5.82. The second-order valence-electron chi connectivity index (χ2n) is 9.69. The van der Waals surface area contributed by atoms with Gasteiger partial charge in [-0.05, 0) is 60.7 Å². The number of nitriles is 1. The maximum absolute atomic E-state index is 9.24. The van der Waals surface area contributed by atoms with Crippen molar-refractivity contribution >= 4 is 16.7 Å². The molecular weight excluding hydrogens is 438 g/mol. The Hall–Kier alpha value is -3.89. The number of rotatable bonds is 4. The van der Waals surface area contributed by atoms with E-state index in [9.17, 15) is 5.26 Å². The Morgan fingerprint density at radius 2 is 1.94 bits per heavy atom. The molecule has 7 nitrogen and oxygen atoms in total. The summed E-state index contributed by atoms with van der Waals surface area (Å²) in [5.74, 6) is 1.79. The highest BCUT2D eigenvalue weighted by atomic mass is 16.5. The van der Waals surface area contributed by atoms with Gasteiger partial charge in [0.2, 0.25) is 0 Å². The van der Waals surface area contributed by atoms with Crippen molar-refractivity contribution in [2.75, 3.05) is 18.0 Å². The van der Waals surface area contributed by atoms with Gasteiger partial charge < -0.3 is 14.4 Å². The van der Waals surface area contributed by atoms with Crippen LogP contribution in [0.25, 0.3) is 16.6 Å². The van der Waals surface area contributed by atoms with Crippen LogP contribution in [0.15, 0.2) is 60.9 Å². The number of anilines is 1. The molecule has 2 bridgehead atoms. The number of aromatic nitrogens is 3. The smallest absolute Gasteiger partial charge is 0.130 e. The first kappa shape index (κ1) is 20.5. The number of aryl methyl sites for hydroxylation is 1. The Morgan fingerprint density at radius 3 is 2.80 bits per heavy atom. The summed E-state index contributed by atoms with van der Waals surface area (Å²) in [7, 11) is 0. The van der Waals surface area contributed by atoms with Crippen molar-refractivity contribution < 1.29 is 9.47 Å². The number of pyridine rings is 1. The SMILES string of the molecule is N#Cc1ccc2c(c1)CCCC2Oc1ccc2cnn(-c3ccnc(N4CC5CC(C4)O5)c3)c2c1. The zero-order chi connectivity index (χ0) is 23.4. The lowest BCUT2D eigenvalue weighted by Gasteiger charge is -2.47. The minimum absolute atomic E-state index is 0.0133. The first-order valence-electron chi connectivity index (χ1n) is 12.3. The third-order valence-electron chi connectivity index (χ3n) is 7.41. The van der Waals surface area contributed by atoms with Gasteiger partial charge in [-0.2, -0.15) is 10.4 Å². The molecule has 0 N–H and O–H groups in total. The van der Waals surface area contributed by atoms with Gasteiger partial charge in [0.25, 0.3) is 0 Å². The van der Waals surface area contributed by atoms with E-state index in [4.69, 9.17) is 9.47 Å². The molecule has 0 saturated carbocycles. The summed E-state index contributed by atoms with van der Waals surface area (Å²) in [4.78, 5) is 6.93. The van der Waals surface area contributed by atoms with Crippen molar-refractivity contribution in [1.29, 1.82) is 5.26 Å². The van der Waals surface area contributed by atoms with Crippen LogP contribution in [0.4, 0.5) is 5.82 Å². The Balaban J connectivity index is 1.19. The second-order valence-corrected chi connectivity index (χ2v) is 9.69. The number of morpholine rings is 1. The third-order valence-corrected chi connectivity index (χ3v) is 7.41. The lowest BCUT2D eigenvalue weighted by Crippen LogP contribution is -2.57. The molecule has 3 atom stereocenters. The van der Waals surface area contributed by atoms with Gasteiger partial charge >= 0.3 is 0 Å². The quantitative estimate of drug-likeness (QED) is 0.436. The van der Waals surface area contributed by atoms with E-state index in [0.29, 0.717) is 17.8 Å². The van der Waals surface area contributed by atoms with Crippen molar-refractivity contribution in [3.8, 4) is 17.5 Å². The van der Waals surface area contributed by atoms with Crippen molar-refractivity contribution in [2.45, 2.75) is 44.0 Å². The van der Waals surface area contributed by atoms with Gasteiger partial charge in [-0.3, -0.25) is 0 Å². The molecule has 0 spiro atoms. The fourth-order valence-corrected chi connectivity index (χ4v) is 5.66. The van der Waals surface area contributed by atoms with Gasteiger partial charge in [0.15, 0.2) is 0 Å². The number of hydrogen-bond acceptors (Lipinski definition) is 6. The molecule has 5 heterocycles. The molecular formula is C28H25N5O2. The summed E-state index contributed by atoms with van der Waals surface area (Å²) < 4.78 is 14.2. The van der Waals surface area contributed by atoms with Crippen LogP contribution < -0.4 is 9.64 Å². The number of fused-ring (bicyclic) bond motifs is 4. The Kier molecular flexibility index (Phi) is 4.74. The van der Waals surface area contributed by atoms with E-state index < -0.39 is 0 Å². The van der Waals surface area contributed by atoms with Crippen LogP contribution in [0.2, 0.25) is 0 Å². The van der Waals surface area contributed by atoms with E-state index in [1.807, 2.05) is 41.3 Å². The molecule has 3 unspecified atom stereocenters. The van der Waals surface area contributed by atoms with Crippen LogP contribution in [0.5, 0.6) is 5.75 Å². The lowest BCUT2D eigenvalue weighted by atomic mass is 9.88. The molecule has 7 heteroatoms. The molecule has 35 heavy (non-hydrogen) atoms. The second kappa shape index (κ2) is 8.10. The number of nitrogens with zero attached hydrogens (tertiary/aromatic N) is 5. The summed E-state index contributed by atoms with van der Waals surface area (Å²) >= 11 is 0. The molecule has 4 aliphatic rings. The van der Waals surface area contributed by atoms with Gasteiger partial charge in [-0.1, -0.05) is 6.07 Å². The summed E-state index contributed by atoms with van der Waals surface area (Å²) in [6, 6.07) is 18.4. The predicted molar refractivity (Wildman–Crippen MR) is 132 cm³/mol. The fourth-order valence-electron chi connectivity index (χ4n) is 5.66. The third kappa shape index (κ3) is 3.62. The first-order valence-corrected chi connectivity index (χ1v) is 12.3. The van der Waals surface area contributed by atoms with Gasteiger partial charge in [0.1, 0.15) is 17.7 Å². The fraction of sp³-hybridized carbons (Fsp3) is 0.321. The van der Waals surface area contributed by atoms with E-state index in [0.717, 1.165) is 66.9 Å². The first-order chi connectivity index (χ1) is 17.2. The molecule has 4 aromatic rings. The number of piperidine rings is 1. The van der Waals surface area contributed by atoms with Crippen molar-refractivity contribution in [3.63, 3.8) is 0 Å². The molecule has 174 valence electrons. The summed E-state index contributed by atoms with van der Waals surface area (Å²) in [6.45, 7) is 1.78. The van der Waals surface area contributed by atoms with Crippen molar-refractivity contribution in [3.05, 3.63) is 77.6 Å². The summed E-state index contributed by atoms with van der Waals surface area (Å²) in [6.07, 6.45) is 8.57. The molecule has 2 aromatic heterocycles. The zero-order valence-corrected chi connectivity index (χ0v) is 19.3. The Morgan fingerprint density at radius 1 is 1.06 bits per heavy atom. The molecule has 3 saturated heterocycles. The topological polar surface area (TPSA) is 76.2 Å². The standard InChI is InChI=1S/C28H25N5O2/c29-14-18-4-7-25-19(10-18)2-1-3-27(25)35-22-6-5-20-15-31-33(26(20)13-22)21-8-9-30-28(11-21)32-16-23-12-24(17-32)34-23/h4-11,13,15,23-24,27H,1-3,12,16-17H2. The van der Waals surface area contributed by atoms with Crippen molar-refractivity contribution in [2.24, 2.45) is 0 Å².